The van der Waals surface area contributed by atoms with Crippen molar-refractivity contribution in [2.24, 2.45) is 11.5 Å². The number of carboxylic acids is 2. The highest BCUT2D eigenvalue weighted by Gasteiger charge is 2.30. The van der Waals surface area contributed by atoms with Gasteiger partial charge in [-0.05, 0) is 24.8 Å². The number of carboxylic acid groups (broad SMARTS) is 2. The van der Waals surface area contributed by atoms with Gasteiger partial charge in [-0.25, -0.2) is 4.79 Å². The lowest BCUT2D eigenvalue weighted by Crippen LogP contribution is -2.58. The number of hydrogen-bond donors (Lipinski definition) is 8. The molecule has 4 amide bonds. The number of hydrogen-bond acceptors (Lipinski definition) is 8. The van der Waals surface area contributed by atoms with Gasteiger partial charge < -0.3 is 42.7 Å². The third kappa shape index (κ3) is 10.9. The first-order valence-corrected chi connectivity index (χ1v) is 11.0. The fraction of sp³-hybridized carbons (Fsp3) is 0.455. The molecule has 0 saturated carbocycles. The lowest BCUT2D eigenvalue weighted by molar-refractivity contribution is -0.143. The highest BCUT2D eigenvalue weighted by atomic mass is 16.4. The number of nitrogens with one attached hydrogen (secondary N) is 3. The lowest BCUT2D eigenvalue weighted by atomic mass is 10.0. The molecule has 10 N–H and O–H groups in total. The van der Waals surface area contributed by atoms with E-state index in [0.29, 0.717) is 0 Å². The average Bonchev–Trinajstić information content (AvgIpc) is 2.82. The molecule has 4 unspecified atom stereocenters. The summed E-state index contributed by atoms with van der Waals surface area (Å²) in [4.78, 5) is 71.0. The van der Waals surface area contributed by atoms with Crippen molar-refractivity contribution in [1.82, 2.24) is 16.0 Å². The molecule has 14 heteroatoms. The number of aliphatic carboxylic acids is 2. The first-order valence-electron chi connectivity index (χ1n) is 11.0. The van der Waals surface area contributed by atoms with E-state index in [1.165, 1.54) is 0 Å². The van der Waals surface area contributed by atoms with Gasteiger partial charge in [-0.1, -0.05) is 30.3 Å². The van der Waals surface area contributed by atoms with Gasteiger partial charge >= 0.3 is 11.9 Å². The van der Waals surface area contributed by atoms with E-state index >= 15 is 0 Å². The van der Waals surface area contributed by atoms with Gasteiger partial charge in [-0.2, -0.15) is 0 Å². The largest absolute Gasteiger partial charge is 0.481 e. The van der Waals surface area contributed by atoms with Gasteiger partial charge in [0.15, 0.2) is 0 Å². The molecule has 0 aliphatic rings. The Kier molecular flexibility index (Phi) is 12.5. The third-order valence-electron chi connectivity index (χ3n) is 5.02. The summed E-state index contributed by atoms with van der Waals surface area (Å²) in [5.74, 6) is -6.30. The minimum absolute atomic E-state index is 0.158. The van der Waals surface area contributed by atoms with Crippen LogP contribution in [-0.4, -0.2) is 81.7 Å². The van der Waals surface area contributed by atoms with Crippen LogP contribution < -0.4 is 27.4 Å². The summed E-state index contributed by atoms with van der Waals surface area (Å²) < 4.78 is 0. The Morgan fingerprint density at radius 3 is 1.83 bits per heavy atom. The Morgan fingerprint density at radius 1 is 0.778 bits per heavy atom. The predicted molar refractivity (Wildman–Crippen MR) is 124 cm³/mol. The van der Waals surface area contributed by atoms with Crippen molar-refractivity contribution < 1.29 is 44.1 Å². The molecule has 1 rings (SSSR count). The highest BCUT2D eigenvalue weighted by Crippen LogP contribution is 2.05. The molecule has 1 aromatic rings. The van der Waals surface area contributed by atoms with Gasteiger partial charge in [0.2, 0.25) is 23.6 Å². The van der Waals surface area contributed by atoms with Crippen LogP contribution in [0.15, 0.2) is 30.3 Å². The summed E-state index contributed by atoms with van der Waals surface area (Å²) in [5.41, 5.74) is 11.8. The molecular weight excluding hydrogens is 478 g/mol. The maximum absolute atomic E-state index is 12.8. The fourth-order valence-electron chi connectivity index (χ4n) is 3.06. The molecule has 198 valence electrons. The number of aliphatic hydroxyl groups excluding tert-OH is 1. The monoisotopic (exact) mass is 509 g/mol. The summed E-state index contributed by atoms with van der Waals surface area (Å²) in [6.45, 7) is -0.938. The van der Waals surface area contributed by atoms with Crippen LogP contribution in [-0.2, 0) is 35.2 Å². The van der Waals surface area contributed by atoms with E-state index in [-0.39, 0.29) is 19.3 Å². The Labute approximate surface area is 206 Å². The summed E-state index contributed by atoms with van der Waals surface area (Å²) in [6, 6.07) is 3.23. The van der Waals surface area contributed by atoms with Gasteiger partial charge in [-0.15, -0.1) is 0 Å². The summed E-state index contributed by atoms with van der Waals surface area (Å²) >= 11 is 0. The van der Waals surface area contributed by atoms with Crippen LogP contribution in [0.25, 0.3) is 0 Å². The topological polar surface area (TPSA) is 251 Å². The van der Waals surface area contributed by atoms with Crippen LogP contribution >= 0.6 is 0 Å². The zero-order chi connectivity index (χ0) is 27.3. The van der Waals surface area contributed by atoms with E-state index in [1.807, 2.05) is 5.32 Å². The quantitative estimate of drug-likeness (QED) is 0.114. The van der Waals surface area contributed by atoms with Crippen LogP contribution in [0.4, 0.5) is 0 Å². The van der Waals surface area contributed by atoms with Crippen LogP contribution in [0.5, 0.6) is 0 Å². The normalized spacial score (nSPS) is 13.9. The molecule has 0 aliphatic heterocycles. The maximum atomic E-state index is 12.8. The number of rotatable bonds is 16. The number of amides is 4. The molecule has 0 bridgehead atoms. The number of carbonyl (C=O) groups excluding carboxylic acids is 4. The number of nitrogens with two attached hydrogens (primary N) is 2. The molecule has 0 heterocycles. The van der Waals surface area contributed by atoms with E-state index in [2.05, 4.69) is 10.6 Å². The molecule has 0 fully saturated rings. The van der Waals surface area contributed by atoms with Crippen molar-refractivity contribution in [2.75, 3.05) is 6.61 Å². The second-order valence-electron chi connectivity index (χ2n) is 7.94. The van der Waals surface area contributed by atoms with Gasteiger partial charge in [-0.3, -0.25) is 24.0 Å². The van der Waals surface area contributed by atoms with Crippen molar-refractivity contribution in [3.05, 3.63) is 35.9 Å². The molecule has 0 aliphatic carbocycles. The number of aliphatic hydroxyl groups is 1. The van der Waals surface area contributed by atoms with Gasteiger partial charge in [0.1, 0.15) is 18.1 Å². The average molecular weight is 510 g/mol. The maximum Gasteiger partial charge on any atom is 0.326 e. The van der Waals surface area contributed by atoms with Crippen LogP contribution in [0.3, 0.4) is 0 Å². The predicted octanol–water partition coefficient (Wildman–Crippen LogP) is -2.78. The summed E-state index contributed by atoms with van der Waals surface area (Å²) in [7, 11) is 0. The molecule has 1 aromatic carbocycles. The summed E-state index contributed by atoms with van der Waals surface area (Å²) in [6.07, 6.45) is -1.35. The second kappa shape index (κ2) is 15.1. The summed E-state index contributed by atoms with van der Waals surface area (Å²) in [5, 5.41) is 34.1. The van der Waals surface area contributed by atoms with Gasteiger partial charge in [0, 0.05) is 12.8 Å². The van der Waals surface area contributed by atoms with Crippen LogP contribution in [0, 0.1) is 0 Å². The lowest BCUT2D eigenvalue weighted by Gasteiger charge is -2.24. The van der Waals surface area contributed by atoms with Crippen LogP contribution in [0.2, 0.25) is 0 Å². The molecule has 36 heavy (non-hydrogen) atoms. The third-order valence-corrected chi connectivity index (χ3v) is 5.02. The van der Waals surface area contributed by atoms with E-state index < -0.39 is 79.2 Å². The van der Waals surface area contributed by atoms with E-state index in [9.17, 15) is 39.0 Å². The van der Waals surface area contributed by atoms with Crippen molar-refractivity contribution in [3.8, 4) is 0 Å². The standard InChI is InChI=1S/C22H31N5O9/c23-13(10-12-4-2-1-3-5-12)19(32)25-14(6-8-17(24)29)20(33)27-16(11-28)21(34)26-15(22(35)36)7-9-18(30)31/h1-5,13-16,28H,6-11,23H2,(H2,24,29)(H,25,32)(H,26,34)(H,27,33)(H,30,31)(H,35,36). The number of benzene rings is 1. The molecule has 0 saturated heterocycles. The molecule has 0 radical (unpaired) electrons. The Morgan fingerprint density at radius 2 is 1.31 bits per heavy atom. The SMILES string of the molecule is NC(=O)CCC(NC(=O)C(N)Cc1ccccc1)C(=O)NC(CO)C(=O)NC(CCC(=O)O)C(=O)O. The minimum Gasteiger partial charge on any atom is -0.481 e. The highest BCUT2D eigenvalue weighted by molar-refractivity contribution is 5.94. The smallest absolute Gasteiger partial charge is 0.326 e. The zero-order valence-electron chi connectivity index (χ0n) is 19.4. The molecular formula is C22H31N5O9. The first kappa shape index (κ1) is 30.0. The van der Waals surface area contributed by atoms with Crippen molar-refractivity contribution in [3.63, 3.8) is 0 Å². The molecule has 0 spiro atoms. The second-order valence-corrected chi connectivity index (χ2v) is 7.94. The Balaban J connectivity index is 2.87. The molecule has 4 atom stereocenters. The van der Waals surface area contributed by atoms with Gasteiger partial charge in [0.05, 0.1) is 12.6 Å². The van der Waals surface area contributed by atoms with Crippen molar-refractivity contribution in [1.29, 1.82) is 0 Å². The van der Waals surface area contributed by atoms with E-state index in [0.717, 1.165) is 5.56 Å². The fourth-order valence-corrected chi connectivity index (χ4v) is 3.06. The van der Waals surface area contributed by atoms with E-state index in [4.69, 9.17) is 16.6 Å². The molecule has 14 nitrogen and oxygen atoms in total. The van der Waals surface area contributed by atoms with Gasteiger partial charge in [0.25, 0.3) is 0 Å². The van der Waals surface area contributed by atoms with Crippen molar-refractivity contribution >= 4 is 35.6 Å². The Bertz CT molecular complexity index is 941. The molecule has 0 aromatic heterocycles. The van der Waals surface area contributed by atoms with E-state index in [1.54, 1.807) is 30.3 Å². The van der Waals surface area contributed by atoms with Crippen molar-refractivity contribution in [2.45, 2.75) is 56.3 Å². The number of carbonyl (C=O) groups is 6. The first-order chi connectivity index (χ1) is 16.9. The zero-order valence-corrected chi connectivity index (χ0v) is 19.4. The number of primary amides is 1. The Hall–Kier alpha value is -4.04. The minimum atomic E-state index is -1.63. The van der Waals surface area contributed by atoms with Crippen LogP contribution in [0.1, 0.15) is 31.2 Å².